The molecular formula is C18H25FN4O5. The highest BCUT2D eigenvalue weighted by molar-refractivity contribution is 5.96. The topological polar surface area (TPSA) is 117 Å². The molecule has 2 atom stereocenters. The van der Waals surface area contributed by atoms with E-state index in [0.717, 1.165) is 25.0 Å². The molecular weight excluding hydrogens is 371 g/mol. The quantitative estimate of drug-likeness (QED) is 0.213. The molecule has 0 saturated carbocycles. The van der Waals surface area contributed by atoms with Crippen molar-refractivity contribution in [3.8, 4) is 0 Å². The number of nitrogens with one attached hydrogen (secondary N) is 1. The summed E-state index contributed by atoms with van der Waals surface area (Å²) in [5, 5.41) is 24.1. The molecule has 0 radical (unpaired) electrons. The number of hydroxylamine groups is 2. The number of hydrogen-bond donors (Lipinski definition) is 2. The van der Waals surface area contributed by atoms with Crippen molar-refractivity contribution in [2.45, 2.75) is 45.1 Å². The fraction of sp³-hybridized carbons (Fsp3) is 0.556. The largest absolute Gasteiger partial charge is 0.711 e. The van der Waals surface area contributed by atoms with E-state index in [2.05, 4.69) is 5.32 Å². The van der Waals surface area contributed by atoms with Gasteiger partial charge >= 0.3 is 5.91 Å². The maximum Gasteiger partial charge on any atom is 0.330 e. The van der Waals surface area contributed by atoms with Crippen molar-refractivity contribution >= 4 is 24.0 Å². The minimum absolute atomic E-state index is 0.129. The van der Waals surface area contributed by atoms with Gasteiger partial charge in [-0.3, -0.25) is 14.8 Å². The Morgan fingerprint density at radius 1 is 1.54 bits per heavy atom. The minimum atomic E-state index is -0.773. The van der Waals surface area contributed by atoms with Crippen LogP contribution in [0, 0.1) is 16.9 Å². The lowest BCUT2D eigenvalue weighted by Gasteiger charge is -2.28. The van der Waals surface area contributed by atoms with E-state index in [1.54, 1.807) is 0 Å². The average Bonchev–Trinajstić information content (AvgIpc) is 3.16. The van der Waals surface area contributed by atoms with E-state index in [1.807, 2.05) is 6.92 Å². The molecule has 1 fully saturated rings. The fourth-order valence-electron chi connectivity index (χ4n) is 3.31. The van der Waals surface area contributed by atoms with Crippen LogP contribution in [0.5, 0.6) is 0 Å². The van der Waals surface area contributed by atoms with Crippen molar-refractivity contribution in [3.63, 3.8) is 0 Å². The molecule has 1 aromatic rings. The van der Waals surface area contributed by atoms with Crippen molar-refractivity contribution in [1.82, 2.24) is 9.96 Å². The van der Waals surface area contributed by atoms with Gasteiger partial charge in [0.2, 0.25) is 12.3 Å². The molecule has 1 unspecified atom stereocenters. The monoisotopic (exact) mass is 396 g/mol. The first-order chi connectivity index (χ1) is 13.4. The lowest BCUT2D eigenvalue weighted by molar-refractivity contribution is -0.591. The Labute approximate surface area is 162 Å². The van der Waals surface area contributed by atoms with E-state index in [-0.39, 0.29) is 29.4 Å². The number of carbonyl (C=O) groups excluding carboxylic acids is 3. The van der Waals surface area contributed by atoms with Crippen molar-refractivity contribution in [2.75, 3.05) is 18.4 Å². The van der Waals surface area contributed by atoms with Crippen molar-refractivity contribution in [2.24, 2.45) is 5.92 Å². The SMILES string of the molecule is CCCC[C@H](CN(O)C=O)C(=O)N1CCCC1C(=O)Nc1ccc(F)c[n+]1[O-]. The third-order valence-corrected chi connectivity index (χ3v) is 4.75. The molecule has 0 bridgehead atoms. The van der Waals surface area contributed by atoms with Crippen LogP contribution in [0.2, 0.25) is 0 Å². The molecule has 2 rings (SSSR count). The highest BCUT2D eigenvalue weighted by atomic mass is 19.1. The zero-order chi connectivity index (χ0) is 20.7. The van der Waals surface area contributed by atoms with E-state index in [1.165, 1.54) is 4.90 Å². The summed E-state index contributed by atoms with van der Waals surface area (Å²) in [7, 11) is 0. The Morgan fingerprint density at radius 2 is 2.29 bits per heavy atom. The van der Waals surface area contributed by atoms with E-state index in [9.17, 15) is 29.2 Å². The van der Waals surface area contributed by atoms with Gasteiger partial charge in [0.05, 0.1) is 12.5 Å². The number of anilines is 1. The number of pyridine rings is 1. The van der Waals surface area contributed by atoms with E-state index in [0.29, 0.717) is 37.1 Å². The molecule has 1 saturated heterocycles. The molecule has 154 valence electrons. The van der Waals surface area contributed by atoms with Gasteiger partial charge in [0.1, 0.15) is 12.2 Å². The maximum atomic E-state index is 13.0. The number of likely N-dealkylation sites (tertiary alicyclic amines) is 1. The molecule has 0 aromatic carbocycles. The second-order valence-electron chi connectivity index (χ2n) is 6.80. The number of nitrogens with zero attached hydrogens (tertiary/aromatic N) is 3. The predicted octanol–water partition coefficient (Wildman–Crippen LogP) is 1.04. The first-order valence-corrected chi connectivity index (χ1v) is 9.28. The maximum absolute atomic E-state index is 13.0. The van der Waals surface area contributed by atoms with Crippen LogP contribution in [0.25, 0.3) is 0 Å². The number of carbonyl (C=O) groups is 3. The highest BCUT2D eigenvalue weighted by Gasteiger charge is 2.39. The van der Waals surface area contributed by atoms with Crippen LogP contribution in [0.3, 0.4) is 0 Å². The summed E-state index contributed by atoms with van der Waals surface area (Å²) in [5.74, 6) is -2.34. The van der Waals surface area contributed by atoms with Crippen molar-refractivity contribution in [1.29, 1.82) is 0 Å². The second kappa shape index (κ2) is 9.98. The molecule has 2 N–H and O–H groups in total. The first-order valence-electron chi connectivity index (χ1n) is 9.28. The number of hydrogen-bond acceptors (Lipinski definition) is 5. The smallest absolute Gasteiger partial charge is 0.330 e. The molecule has 1 aliphatic heterocycles. The number of aromatic nitrogens is 1. The summed E-state index contributed by atoms with van der Waals surface area (Å²) < 4.78 is 13.3. The lowest BCUT2D eigenvalue weighted by atomic mass is 9.99. The third kappa shape index (κ3) is 5.38. The standard InChI is InChI=1S/C18H25FN4O5/c1-2-3-5-13(10-21(27)12-24)18(26)22-9-4-6-15(22)17(25)20-16-8-7-14(19)11-23(16)28/h7-8,11-13,15,27H,2-6,9-10H2,1H3,(H,20,25)/t13-,15?/m1/s1. The van der Waals surface area contributed by atoms with Crippen LogP contribution in [-0.2, 0) is 14.4 Å². The summed E-state index contributed by atoms with van der Waals surface area (Å²) in [5.41, 5.74) is 0. The van der Waals surface area contributed by atoms with Gasteiger partial charge in [-0.05, 0) is 25.3 Å². The van der Waals surface area contributed by atoms with Gasteiger partial charge in [-0.25, -0.2) is 24.3 Å². The van der Waals surface area contributed by atoms with Gasteiger partial charge in [0.25, 0.3) is 5.82 Å². The molecule has 0 aliphatic carbocycles. The molecule has 2 heterocycles. The van der Waals surface area contributed by atoms with Crippen molar-refractivity contribution < 1.29 is 28.7 Å². The van der Waals surface area contributed by atoms with Crippen LogP contribution in [-0.4, -0.2) is 52.5 Å². The fourth-order valence-corrected chi connectivity index (χ4v) is 3.31. The molecule has 28 heavy (non-hydrogen) atoms. The molecule has 0 spiro atoms. The van der Waals surface area contributed by atoms with E-state index in [4.69, 9.17) is 0 Å². The number of halogens is 1. The number of rotatable bonds is 9. The van der Waals surface area contributed by atoms with E-state index < -0.39 is 23.7 Å². The first kappa shape index (κ1) is 21.5. The molecule has 10 heteroatoms. The van der Waals surface area contributed by atoms with Gasteiger partial charge in [-0.15, -0.1) is 0 Å². The molecule has 9 nitrogen and oxygen atoms in total. The van der Waals surface area contributed by atoms with Gasteiger partial charge in [0.15, 0.2) is 5.82 Å². The summed E-state index contributed by atoms with van der Waals surface area (Å²) in [6.07, 6.45) is 4.03. The van der Waals surface area contributed by atoms with Gasteiger partial charge in [-0.1, -0.05) is 19.8 Å². The van der Waals surface area contributed by atoms with Crippen molar-refractivity contribution in [3.05, 3.63) is 29.4 Å². The Hall–Kier alpha value is -2.75. The molecule has 1 aromatic heterocycles. The van der Waals surface area contributed by atoms with Crippen LogP contribution in [0.1, 0.15) is 39.0 Å². The van der Waals surface area contributed by atoms with Crippen LogP contribution < -0.4 is 10.0 Å². The van der Waals surface area contributed by atoms with Crippen LogP contribution in [0.4, 0.5) is 10.2 Å². The normalized spacial score (nSPS) is 17.2. The Kier molecular flexibility index (Phi) is 7.68. The third-order valence-electron chi connectivity index (χ3n) is 4.75. The Balaban J connectivity index is 2.10. The van der Waals surface area contributed by atoms with Crippen LogP contribution >= 0.6 is 0 Å². The molecule has 3 amide bonds. The summed E-state index contributed by atoms with van der Waals surface area (Å²) in [6, 6.07) is 1.43. The minimum Gasteiger partial charge on any atom is -0.711 e. The second-order valence-corrected chi connectivity index (χ2v) is 6.80. The van der Waals surface area contributed by atoms with Gasteiger partial charge < -0.3 is 10.1 Å². The Morgan fingerprint density at radius 3 is 2.93 bits per heavy atom. The summed E-state index contributed by atoms with van der Waals surface area (Å²) >= 11 is 0. The van der Waals surface area contributed by atoms with E-state index >= 15 is 0 Å². The summed E-state index contributed by atoms with van der Waals surface area (Å²) in [6.45, 7) is 2.18. The van der Waals surface area contributed by atoms with Gasteiger partial charge in [-0.2, -0.15) is 0 Å². The zero-order valence-electron chi connectivity index (χ0n) is 15.7. The number of amides is 3. The van der Waals surface area contributed by atoms with Gasteiger partial charge in [0, 0.05) is 12.6 Å². The van der Waals surface area contributed by atoms with Crippen LogP contribution in [0.15, 0.2) is 18.3 Å². The average molecular weight is 396 g/mol. The lowest BCUT2D eigenvalue weighted by Crippen LogP contribution is -2.48. The predicted molar refractivity (Wildman–Crippen MR) is 96.3 cm³/mol. The zero-order valence-corrected chi connectivity index (χ0v) is 15.7. The number of unbranched alkanes of at least 4 members (excludes halogenated alkanes) is 1. The summed E-state index contributed by atoms with van der Waals surface area (Å²) in [4.78, 5) is 37.7. The highest BCUT2D eigenvalue weighted by Crippen LogP contribution is 2.23. The Bertz CT molecular complexity index is 717. The molecule has 1 aliphatic rings.